The van der Waals surface area contributed by atoms with E-state index in [4.69, 9.17) is 46.4 Å². The number of nitrogens with zero attached hydrogens (tertiary/aromatic N) is 2. The summed E-state index contributed by atoms with van der Waals surface area (Å²) in [6, 6.07) is 12.5. The molecule has 4 amide bonds. The van der Waals surface area contributed by atoms with Crippen LogP contribution in [-0.4, -0.2) is 146 Å². The first kappa shape index (κ1) is 56.3. The molecule has 0 unspecified atom stereocenters. The van der Waals surface area contributed by atoms with Crippen molar-refractivity contribution in [2.24, 2.45) is 0 Å². The minimum absolute atomic E-state index is 0.0637. The Hall–Kier alpha value is -4.06. The molecule has 0 bridgehead atoms. The van der Waals surface area contributed by atoms with Crippen molar-refractivity contribution in [2.75, 3.05) is 85.7 Å². The molecule has 4 atom stereocenters. The van der Waals surface area contributed by atoms with Gasteiger partial charge >= 0.3 is 11.9 Å². The summed E-state index contributed by atoms with van der Waals surface area (Å²) >= 11 is 23.7. The lowest BCUT2D eigenvalue weighted by Gasteiger charge is -2.23. The van der Waals surface area contributed by atoms with Crippen LogP contribution in [0, 0.1) is 0 Å². The number of carbonyl (C=O) groups excluding carboxylic acids is 4. The first-order valence-corrected chi connectivity index (χ1v) is 25.0. The molecule has 1 aliphatic heterocycles. The van der Waals surface area contributed by atoms with E-state index in [2.05, 4.69) is 41.7 Å². The molecule has 8 N–H and O–H groups in total. The Labute approximate surface area is 408 Å². The summed E-state index contributed by atoms with van der Waals surface area (Å²) < 4.78 is 0. The number of carbonyl (C=O) groups is 6. The van der Waals surface area contributed by atoms with Crippen LogP contribution in [0.2, 0.25) is 0 Å². The standard InChI is InChI=1S/C46H68Cl4N8O8/c47-21-28-57(29-22-48)35-15-9-33(10-16-35)13-19-39(45(63)64)51-25-3-1-6-37-43(61)53-27-5-8-41(59)55-38(44(62)54-32-42(60)56-37)7-2-4-26-52-40(46(65)66)20-14-34-11-17-36(18-12-34)58(30-23-49)31-24-50/h9-12,15-18,37-40,51-52H,1-8,13-14,19-32H2,(H,53,61)(H,54,62)(H,55,59)(H,56,60)(H,63,64)(H,65,66)/t37-,38-,39+,40+/m0/s1. The molecule has 16 nitrogen and oxygen atoms in total. The molecule has 1 heterocycles. The van der Waals surface area contributed by atoms with Gasteiger partial charge in [0.1, 0.15) is 24.2 Å². The maximum Gasteiger partial charge on any atom is 0.320 e. The normalized spacial score (nSPS) is 17.1. The number of alkyl halides is 4. The summed E-state index contributed by atoms with van der Waals surface area (Å²) in [6.45, 7) is 3.21. The molecule has 1 aliphatic rings. The monoisotopic (exact) mass is 1000 g/mol. The summed E-state index contributed by atoms with van der Waals surface area (Å²) in [7, 11) is 0. The summed E-state index contributed by atoms with van der Waals surface area (Å²) in [5.41, 5.74) is 4.00. The van der Waals surface area contributed by atoms with Gasteiger partial charge in [-0.05, 0) is 119 Å². The number of rotatable bonds is 30. The number of hydrogen-bond donors (Lipinski definition) is 8. The van der Waals surface area contributed by atoms with Crippen molar-refractivity contribution in [3.63, 3.8) is 0 Å². The summed E-state index contributed by atoms with van der Waals surface area (Å²) in [4.78, 5) is 80.4. The van der Waals surface area contributed by atoms with Crippen LogP contribution in [0.3, 0.4) is 0 Å². The number of halogens is 4. The first-order valence-electron chi connectivity index (χ1n) is 22.9. The van der Waals surface area contributed by atoms with Gasteiger partial charge in [-0.2, -0.15) is 0 Å². The fraction of sp³-hybridized carbons (Fsp3) is 0.609. The molecule has 66 heavy (non-hydrogen) atoms. The van der Waals surface area contributed by atoms with Gasteiger partial charge in [-0.25, -0.2) is 0 Å². The summed E-state index contributed by atoms with van der Waals surface area (Å²) in [6.07, 6.45) is 4.84. The van der Waals surface area contributed by atoms with E-state index in [9.17, 15) is 39.0 Å². The second-order valence-corrected chi connectivity index (χ2v) is 17.7. The molecule has 1 fully saturated rings. The highest BCUT2D eigenvalue weighted by atomic mass is 35.5. The van der Waals surface area contributed by atoms with Gasteiger partial charge in [-0.3, -0.25) is 28.8 Å². The van der Waals surface area contributed by atoms with Gasteiger partial charge in [0.15, 0.2) is 0 Å². The van der Waals surface area contributed by atoms with E-state index in [1.165, 1.54) is 0 Å². The molecular weight excluding hydrogens is 934 g/mol. The van der Waals surface area contributed by atoms with E-state index >= 15 is 0 Å². The van der Waals surface area contributed by atoms with Crippen molar-refractivity contribution in [3.05, 3.63) is 59.7 Å². The van der Waals surface area contributed by atoms with Gasteiger partial charge in [0.05, 0.1) is 6.54 Å². The zero-order valence-electron chi connectivity index (χ0n) is 37.6. The largest absolute Gasteiger partial charge is 0.480 e. The highest BCUT2D eigenvalue weighted by Crippen LogP contribution is 2.19. The van der Waals surface area contributed by atoms with Gasteiger partial charge < -0.3 is 51.9 Å². The molecule has 2 aromatic rings. The van der Waals surface area contributed by atoms with Crippen LogP contribution < -0.4 is 41.7 Å². The molecule has 0 aliphatic carbocycles. The third-order valence-corrected chi connectivity index (χ3v) is 12.0. The minimum Gasteiger partial charge on any atom is -0.480 e. The molecule has 20 heteroatoms. The average Bonchev–Trinajstić information content (AvgIpc) is 3.30. The third kappa shape index (κ3) is 21.7. The van der Waals surface area contributed by atoms with Crippen LogP contribution in [0.15, 0.2) is 48.5 Å². The number of anilines is 2. The van der Waals surface area contributed by atoms with E-state index in [1.54, 1.807) is 0 Å². The van der Waals surface area contributed by atoms with E-state index in [0.717, 1.165) is 22.5 Å². The number of hydrogen-bond acceptors (Lipinski definition) is 10. The fourth-order valence-electron chi connectivity index (χ4n) is 7.57. The second kappa shape index (κ2) is 32.6. The highest BCUT2D eigenvalue weighted by Gasteiger charge is 2.25. The van der Waals surface area contributed by atoms with E-state index in [-0.39, 0.29) is 31.7 Å². The molecule has 2 aromatic carbocycles. The number of nitrogens with one attached hydrogen (secondary N) is 6. The lowest BCUT2D eigenvalue weighted by Crippen LogP contribution is -2.53. The number of aryl methyl sites for hydroxylation is 2. The van der Waals surface area contributed by atoms with Crippen molar-refractivity contribution < 1.29 is 39.0 Å². The Morgan fingerprint density at radius 3 is 1.42 bits per heavy atom. The molecule has 1 saturated heterocycles. The van der Waals surface area contributed by atoms with E-state index in [0.29, 0.717) is 121 Å². The predicted octanol–water partition coefficient (Wildman–Crippen LogP) is 4.24. The van der Waals surface area contributed by atoms with Crippen LogP contribution in [-0.2, 0) is 41.6 Å². The minimum atomic E-state index is -0.961. The summed E-state index contributed by atoms with van der Waals surface area (Å²) in [5, 5.41) is 36.7. The van der Waals surface area contributed by atoms with Crippen LogP contribution >= 0.6 is 46.4 Å². The first-order chi connectivity index (χ1) is 31.9. The maximum absolute atomic E-state index is 13.2. The van der Waals surface area contributed by atoms with Crippen molar-refractivity contribution >= 4 is 93.3 Å². The van der Waals surface area contributed by atoms with Gasteiger partial charge in [0.25, 0.3) is 0 Å². The number of benzene rings is 2. The van der Waals surface area contributed by atoms with Crippen LogP contribution in [0.25, 0.3) is 0 Å². The van der Waals surface area contributed by atoms with Crippen molar-refractivity contribution in [1.29, 1.82) is 0 Å². The molecular formula is C46H68Cl4N8O8. The Bertz CT molecular complexity index is 1770. The molecule has 0 radical (unpaired) electrons. The van der Waals surface area contributed by atoms with Gasteiger partial charge in [-0.1, -0.05) is 24.3 Å². The van der Waals surface area contributed by atoms with E-state index < -0.39 is 60.4 Å². The molecule has 0 aromatic heterocycles. The third-order valence-electron chi connectivity index (χ3n) is 11.3. The number of unbranched alkanes of at least 4 members (excludes halogenated alkanes) is 2. The smallest absolute Gasteiger partial charge is 0.320 e. The molecule has 0 saturated carbocycles. The van der Waals surface area contributed by atoms with Crippen LogP contribution in [0.1, 0.15) is 75.3 Å². The number of carboxylic acids is 2. The lowest BCUT2D eigenvalue weighted by atomic mass is 10.0. The average molecular weight is 1000 g/mol. The van der Waals surface area contributed by atoms with E-state index in [1.807, 2.05) is 48.5 Å². The van der Waals surface area contributed by atoms with Crippen LogP contribution in [0.4, 0.5) is 11.4 Å². The Morgan fingerprint density at radius 2 is 1.02 bits per heavy atom. The number of aliphatic carboxylic acids is 2. The number of carboxylic acid groups (broad SMARTS) is 2. The predicted molar refractivity (Wildman–Crippen MR) is 263 cm³/mol. The summed E-state index contributed by atoms with van der Waals surface area (Å²) in [5.74, 6) is -1.92. The Morgan fingerprint density at radius 1 is 0.606 bits per heavy atom. The fourth-order valence-corrected chi connectivity index (χ4v) is 8.38. The Balaban J connectivity index is 1.43. The SMILES string of the molecule is O=C1CCCNC(=O)[C@H](CCCCN[C@H](CCc2ccc(N(CCCl)CCCl)cc2)C(=O)O)NC(=O)CNC(=O)[C@H](CCCCN[C@H](CCc2ccc(N(CCCl)CCCl)cc2)C(=O)O)N1. The number of amides is 4. The molecule has 3 rings (SSSR count). The quantitative estimate of drug-likeness (QED) is 0.0407. The van der Waals surface area contributed by atoms with Gasteiger partial charge in [-0.15, -0.1) is 46.4 Å². The van der Waals surface area contributed by atoms with Crippen molar-refractivity contribution in [3.8, 4) is 0 Å². The lowest BCUT2D eigenvalue weighted by molar-refractivity contribution is -0.140. The topological polar surface area (TPSA) is 222 Å². The zero-order chi connectivity index (χ0) is 48.1. The van der Waals surface area contributed by atoms with Crippen LogP contribution in [0.5, 0.6) is 0 Å². The van der Waals surface area contributed by atoms with Crippen molar-refractivity contribution in [2.45, 2.75) is 101 Å². The molecule has 368 valence electrons. The zero-order valence-corrected chi connectivity index (χ0v) is 40.7. The van der Waals surface area contributed by atoms with Gasteiger partial charge in [0.2, 0.25) is 23.6 Å². The second-order valence-electron chi connectivity index (χ2n) is 16.2. The maximum atomic E-state index is 13.2. The Kier molecular flexibility index (Phi) is 27.8. The van der Waals surface area contributed by atoms with Gasteiger partial charge in [0, 0.05) is 74.0 Å². The molecule has 0 spiro atoms. The highest BCUT2D eigenvalue weighted by molar-refractivity contribution is 6.19. The van der Waals surface area contributed by atoms with Crippen molar-refractivity contribution in [1.82, 2.24) is 31.9 Å².